The molecule has 82 valence electrons. The number of carbonyl (C=O) groups excluding carboxylic acids is 1. The third-order valence-corrected chi connectivity index (χ3v) is 2.56. The number of nitrogens with one attached hydrogen (secondary N) is 1. The van der Waals surface area contributed by atoms with Crippen LogP contribution < -0.4 is 4.72 Å². The summed E-state index contributed by atoms with van der Waals surface area (Å²) in [6.45, 7) is 1.26. The summed E-state index contributed by atoms with van der Waals surface area (Å²) in [6.07, 6.45) is 0. The van der Waals surface area contributed by atoms with E-state index in [1.54, 1.807) is 0 Å². The number of carbonyl (C=O) groups is 2. The van der Waals surface area contributed by atoms with Crippen molar-refractivity contribution in [2.45, 2.75) is 13.0 Å². The van der Waals surface area contributed by atoms with E-state index in [-0.39, 0.29) is 0 Å². The fraction of sp³-hybridized carbons (Fsp3) is 0.667. The van der Waals surface area contributed by atoms with Crippen molar-refractivity contribution in [3.8, 4) is 0 Å². The molecule has 8 heteroatoms. The lowest BCUT2D eigenvalue weighted by Crippen LogP contribution is -2.41. The van der Waals surface area contributed by atoms with Gasteiger partial charge >= 0.3 is 11.9 Å². The van der Waals surface area contributed by atoms with Crippen molar-refractivity contribution in [2.75, 3.05) is 12.9 Å². The average Bonchev–Trinajstić information content (AvgIpc) is 1.99. The number of esters is 1. The van der Waals surface area contributed by atoms with E-state index in [1.807, 2.05) is 4.72 Å². The molecule has 0 rings (SSSR count). The first-order valence-corrected chi connectivity index (χ1v) is 5.23. The number of aliphatic carboxylic acids is 1. The highest BCUT2D eigenvalue weighted by molar-refractivity contribution is 7.90. The standard InChI is InChI=1S/C6H11NO6S/c1-4(6(10)13-2)7-14(11,12)3-5(8)9/h4,7H,3H2,1-2H3,(H,8,9)/t4-/m0/s1. The molecule has 7 nitrogen and oxygen atoms in total. The topological polar surface area (TPSA) is 110 Å². The number of carboxylic acid groups (broad SMARTS) is 1. The van der Waals surface area contributed by atoms with Crippen LogP contribution in [0, 0.1) is 0 Å². The van der Waals surface area contributed by atoms with Crippen molar-refractivity contribution in [3.05, 3.63) is 0 Å². The van der Waals surface area contributed by atoms with Gasteiger partial charge in [-0.2, -0.15) is 0 Å². The quantitative estimate of drug-likeness (QED) is 0.554. The zero-order valence-electron chi connectivity index (χ0n) is 7.68. The summed E-state index contributed by atoms with van der Waals surface area (Å²) >= 11 is 0. The Bertz CT molecular complexity index is 321. The zero-order valence-corrected chi connectivity index (χ0v) is 8.50. The molecule has 0 spiro atoms. The van der Waals surface area contributed by atoms with Gasteiger partial charge in [-0.3, -0.25) is 9.59 Å². The Labute approximate surface area is 81.1 Å². The summed E-state index contributed by atoms with van der Waals surface area (Å²) in [6, 6.07) is -1.09. The van der Waals surface area contributed by atoms with E-state index in [1.165, 1.54) is 6.92 Å². The number of hydrogen-bond acceptors (Lipinski definition) is 5. The van der Waals surface area contributed by atoms with Gasteiger partial charge in [0.2, 0.25) is 10.0 Å². The normalized spacial score (nSPS) is 13.3. The molecule has 2 N–H and O–H groups in total. The van der Waals surface area contributed by atoms with Crippen LogP contribution in [-0.2, 0) is 24.3 Å². The molecular weight excluding hydrogens is 214 g/mol. The minimum Gasteiger partial charge on any atom is -0.480 e. The Balaban J connectivity index is 4.37. The van der Waals surface area contributed by atoms with E-state index in [9.17, 15) is 18.0 Å². The molecule has 0 aliphatic rings. The Morgan fingerprint density at radius 2 is 2.00 bits per heavy atom. The van der Waals surface area contributed by atoms with E-state index in [0.29, 0.717) is 0 Å². The summed E-state index contributed by atoms with van der Waals surface area (Å²) in [4.78, 5) is 20.9. The molecule has 14 heavy (non-hydrogen) atoms. The number of ether oxygens (including phenoxy) is 1. The second-order valence-corrected chi connectivity index (χ2v) is 4.27. The summed E-state index contributed by atoms with van der Waals surface area (Å²) in [5.41, 5.74) is 0. The van der Waals surface area contributed by atoms with Crippen LogP contribution in [0.2, 0.25) is 0 Å². The molecule has 0 aromatic rings. The van der Waals surface area contributed by atoms with Crippen LogP contribution in [-0.4, -0.2) is 44.4 Å². The molecule has 0 aliphatic carbocycles. The number of hydrogen-bond donors (Lipinski definition) is 2. The first-order valence-electron chi connectivity index (χ1n) is 3.58. The fourth-order valence-electron chi connectivity index (χ4n) is 0.698. The van der Waals surface area contributed by atoms with Gasteiger partial charge in [-0.1, -0.05) is 0 Å². The van der Waals surface area contributed by atoms with Crippen molar-refractivity contribution < 1.29 is 27.9 Å². The molecule has 0 amide bonds. The first kappa shape index (κ1) is 12.8. The minimum absolute atomic E-state index is 0.779. The van der Waals surface area contributed by atoms with Crippen LogP contribution in [0.1, 0.15) is 6.92 Å². The SMILES string of the molecule is COC(=O)[C@H](C)NS(=O)(=O)CC(=O)O. The van der Waals surface area contributed by atoms with E-state index in [2.05, 4.69) is 4.74 Å². The lowest BCUT2D eigenvalue weighted by molar-refractivity contribution is -0.142. The maximum atomic E-state index is 11.0. The molecular formula is C6H11NO6S. The monoisotopic (exact) mass is 225 g/mol. The van der Waals surface area contributed by atoms with E-state index < -0.39 is 33.8 Å². The maximum Gasteiger partial charge on any atom is 0.323 e. The van der Waals surface area contributed by atoms with Crippen LogP contribution in [0.3, 0.4) is 0 Å². The molecule has 0 bridgehead atoms. The summed E-state index contributed by atoms with van der Waals surface area (Å²) in [7, 11) is -2.88. The number of sulfonamides is 1. The summed E-state index contributed by atoms with van der Waals surface area (Å²) in [5, 5.41) is 8.22. The lowest BCUT2D eigenvalue weighted by Gasteiger charge is -2.10. The zero-order chi connectivity index (χ0) is 11.4. The van der Waals surface area contributed by atoms with Gasteiger partial charge in [0.05, 0.1) is 7.11 Å². The number of carboxylic acids is 1. The summed E-state index contributed by atoms with van der Waals surface area (Å²) < 4.78 is 28.0. The van der Waals surface area contributed by atoms with Crippen LogP contribution in [0.25, 0.3) is 0 Å². The molecule has 0 heterocycles. The van der Waals surface area contributed by atoms with E-state index in [0.717, 1.165) is 7.11 Å². The highest BCUT2D eigenvalue weighted by Crippen LogP contribution is 1.91. The molecule has 0 aliphatic heterocycles. The van der Waals surface area contributed by atoms with Crippen LogP contribution in [0.4, 0.5) is 0 Å². The van der Waals surface area contributed by atoms with Gasteiger partial charge < -0.3 is 9.84 Å². The molecule has 0 unspecified atom stereocenters. The van der Waals surface area contributed by atoms with Crippen LogP contribution in [0.15, 0.2) is 0 Å². The molecule has 0 radical (unpaired) electrons. The van der Waals surface area contributed by atoms with Gasteiger partial charge in [-0.05, 0) is 6.92 Å². The van der Waals surface area contributed by atoms with Crippen molar-refractivity contribution in [1.29, 1.82) is 0 Å². The van der Waals surface area contributed by atoms with Crippen LogP contribution >= 0.6 is 0 Å². The Morgan fingerprint density at radius 3 is 2.36 bits per heavy atom. The lowest BCUT2D eigenvalue weighted by atomic mass is 10.4. The van der Waals surface area contributed by atoms with Crippen LogP contribution in [0.5, 0.6) is 0 Å². The van der Waals surface area contributed by atoms with Crippen molar-refractivity contribution in [3.63, 3.8) is 0 Å². The second-order valence-electron chi connectivity index (χ2n) is 2.52. The van der Waals surface area contributed by atoms with Gasteiger partial charge in [0.25, 0.3) is 0 Å². The average molecular weight is 225 g/mol. The van der Waals surface area contributed by atoms with Gasteiger partial charge in [0.15, 0.2) is 5.75 Å². The predicted molar refractivity (Wildman–Crippen MR) is 46.0 cm³/mol. The van der Waals surface area contributed by atoms with Crippen molar-refractivity contribution in [2.24, 2.45) is 0 Å². The maximum absolute atomic E-state index is 11.0. The highest BCUT2D eigenvalue weighted by Gasteiger charge is 2.22. The third-order valence-electron chi connectivity index (χ3n) is 1.22. The fourth-order valence-corrected chi connectivity index (χ4v) is 1.74. The first-order chi connectivity index (χ1) is 6.28. The molecule has 0 aromatic heterocycles. The van der Waals surface area contributed by atoms with E-state index >= 15 is 0 Å². The van der Waals surface area contributed by atoms with Gasteiger partial charge in [0.1, 0.15) is 6.04 Å². The minimum atomic E-state index is -3.99. The Kier molecular flexibility index (Phi) is 4.51. The van der Waals surface area contributed by atoms with Gasteiger partial charge in [-0.15, -0.1) is 0 Å². The Hall–Kier alpha value is -1.15. The van der Waals surface area contributed by atoms with E-state index in [4.69, 9.17) is 5.11 Å². The molecule has 0 saturated heterocycles. The smallest absolute Gasteiger partial charge is 0.323 e. The summed E-state index contributed by atoms with van der Waals surface area (Å²) in [5.74, 6) is -3.34. The van der Waals surface area contributed by atoms with Crippen molar-refractivity contribution >= 4 is 22.0 Å². The van der Waals surface area contributed by atoms with Gasteiger partial charge in [-0.25, -0.2) is 13.1 Å². The second kappa shape index (κ2) is 4.91. The number of methoxy groups -OCH3 is 1. The molecule has 0 aromatic carbocycles. The number of rotatable bonds is 5. The largest absolute Gasteiger partial charge is 0.480 e. The third kappa shape index (κ3) is 4.77. The molecule has 0 saturated carbocycles. The predicted octanol–water partition coefficient (Wildman–Crippen LogP) is -1.45. The van der Waals surface area contributed by atoms with Gasteiger partial charge in [0, 0.05) is 0 Å². The molecule has 1 atom stereocenters. The molecule has 0 fully saturated rings. The Morgan fingerprint density at radius 1 is 1.50 bits per heavy atom. The van der Waals surface area contributed by atoms with Crippen molar-refractivity contribution in [1.82, 2.24) is 4.72 Å². The highest BCUT2D eigenvalue weighted by atomic mass is 32.2.